The predicted octanol–water partition coefficient (Wildman–Crippen LogP) is 0.939. The number of aliphatic hydroxyl groups is 1. The van der Waals surface area contributed by atoms with Crippen molar-refractivity contribution in [1.82, 2.24) is 34.2 Å². The third-order valence-corrected chi connectivity index (χ3v) is 5.38. The molecule has 4 aromatic rings. The molecule has 160 valence electrons. The summed E-state index contributed by atoms with van der Waals surface area (Å²) in [5.41, 5.74) is 6.04. The molecular formula is C22H20N8O2. The fraction of sp³-hybridized carbons (Fsp3) is 0.227. The fourth-order valence-electron chi connectivity index (χ4n) is 3.76. The SMILES string of the molecule is CN(C)C(=O)c1nn(-c2ccnc(N)n2)c2cc(C#C[C@]3(O)CCn4ccnc43)ccc12. The van der Waals surface area contributed by atoms with Gasteiger partial charge in [0.2, 0.25) is 5.95 Å². The second kappa shape index (κ2) is 7.18. The first-order chi connectivity index (χ1) is 15.4. The molecule has 5 rings (SSSR count). The first-order valence-electron chi connectivity index (χ1n) is 9.96. The number of carbonyl (C=O) groups is 1. The molecule has 0 fully saturated rings. The largest absolute Gasteiger partial charge is 0.371 e. The number of rotatable bonds is 2. The third-order valence-electron chi connectivity index (χ3n) is 5.38. The maximum atomic E-state index is 12.7. The van der Waals surface area contributed by atoms with Crippen LogP contribution in [0.1, 0.15) is 28.3 Å². The summed E-state index contributed by atoms with van der Waals surface area (Å²) < 4.78 is 3.44. The highest BCUT2D eigenvalue weighted by Gasteiger charge is 2.37. The van der Waals surface area contributed by atoms with E-state index >= 15 is 0 Å². The van der Waals surface area contributed by atoms with Crippen LogP contribution in [-0.2, 0) is 12.1 Å². The van der Waals surface area contributed by atoms with E-state index in [0.29, 0.717) is 41.1 Å². The van der Waals surface area contributed by atoms with Gasteiger partial charge in [0, 0.05) is 62.7 Å². The van der Waals surface area contributed by atoms with E-state index in [9.17, 15) is 9.90 Å². The van der Waals surface area contributed by atoms with E-state index in [1.54, 1.807) is 43.2 Å². The number of hydrogen-bond acceptors (Lipinski definition) is 7. The highest BCUT2D eigenvalue weighted by Crippen LogP contribution is 2.30. The second-order valence-electron chi connectivity index (χ2n) is 7.77. The molecule has 3 N–H and O–H groups in total. The van der Waals surface area contributed by atoms with Gasteiger partial charge in [-0.1, -0.05) is 11.8 Å². The van der Waals surface area contributed by atoms with Gasteiger partial charge in [-0.05, 0) is 18.2 Å². The lowest BCUT2D eigenvalue weighted by atomic mass is 10.0. The highest BCUT2D eigenvalue weighted by atomic mass is 16.3. The Labute approximate surface area is 183 Å². The molecule has 0 saturated heterocycles. The first kappa shape index (κ1) is 19.7. The van der Waals surface area contributed by atoms with E-state index < -0.39 is 5.60 Å². The predicted molar refractivity (Wildman–Crippen MR) is 117 cm³/mol. The number of fused-ring (bicyclic) bond motifs is 2. The van der Waals surface area contributed by atoms with Crippen molar-refractivity contribution >= 4 is 22.8 Å². The van der Waals surface area contributed by atoms with E-state index in [1.165, 1.54) is 11.1 Å². The van der Waals surface area contributed by atoms with Crippen molar-refractivity contribution in [3.05, 3.63) is 59.9 Å². The molecule has 0 saturated carbocycles. The second-order valence-corrected chi connectivity index (χ2v) is 7.77. The van der Waals surface area contributed by atoms with E-state index in [4.69, 9.17) is 5.73 Å². The quantitative estimate of drug-likeness (QED) is 0.455. The molecule has 32 heavy (non-hydrogen) atoms. The summed E-state index contributed by atoms with van der Waals surface area (Å²) >= 11 is 0. The molecular weight excluding hydrogens is 408 g/mol. The van der Waals surface area contributed by atoms with Crippen LogP contribution >= 0.6 is 0 Å². The van der Waals surface area contributed by atoms with Gasteiger partial charge in [-0.2, -0.15) is 10.1 Å². The van der Waals surface area contributed by atoms with E-state index in [0.717, 1.165) is 0 Å². The van der Waals surface area contributed by atoms with Crippen molar-refractivity contribution in [3.63, 3.8) is 0 Å². The lowest BCUT2D eigenvalue weighted by Crippen LogP contribution is -2.22. The van der Waals surface area contributed by atoms with Crippen LogP contribution in [0, 0.1) is 11.8 Å². The molecule has 1 amide bonds. The van der Waals surface area contributed by atoms with Crippen LogP contribution in [0.25, 0.3) is 16.7 Å². The van der Waals surface area contributed by atoms with Gasteiger partial charge in [-0.25, -0.2) is 14.6 Å². The fourth-order valence-corrected chi connectivity index (χ4v) is 3.76. The van der Waals surface area contributed by atoms with E-state index in [1.807, 2.05) is 16.8 Å². The average Bonchev–Trinajstić information content (AvgIpc) is 3.47. The number of benzene rings is 1. The molecule has 1 aliphatic rings. The van der Waals surface area contributed by atoms with E-state index in [2.05, 4.69) is 31.9 Å². The number of hydrogen-bond donors (Lipinski definition) is 2. The standard InChI is InChI=1S/C22H20N8O2/c1-28(2)19(31)18-15-4-3-14(5-7-22(32)8-11-29-12-10-24-20(22)29)13-16(15)30(27-18)17-6-9-25-21(23)26-17/h3-4,6,9-10,12-13,32H,8,11H2,1-2H3,(H2,23,25,26)/t22-/m0/s1. The van der Waals surface area contributed by atoms with Gasteiger partial charge in [0.05, 0.1) is 5.52 Å². The molecule has 0 unspecified atom stereocenters. The van der Waals surface area contributed by atoms with Crippen LogP contribution in [0.2, 0.25) is 0 Å². The van der Waals surface area contributed by atoms with Gasteiger partial charge < -0.3 is 20.3 Å². The maximum Gasteiger partial charge on any atom is 0.274 e. The molecule has 1 aromatic carbocycles. The van der Waals surface area contributed by atoms with E-state index in [-0.39, 0.29) is 17.5 Å². The van der Waals surface area contributed by atoms with Gasteiger partial charge in [0.15, 0.2) is 22.9 Å². The number of aryl methyl sites for hydroxylation is 1. The molecule has 10 nitrogen and oxygen atoms in total. The number of carbonyl (C=O) groups excluding carboxylic acids is 1. The summed E-state index contributed by atoms with van der Waals surface area (Å²) in [4.78, 5) is 26.6. The maximum absolute atomic E-state index is 12.7. The summed E-state index contributed by atoms with van der Waals surface area (Å²) in [6.07, 6.45) is 5.49. The van der Waals surface area contributed by atoms with Crippen LogP contribution in [-0.4, -0.2) is 59.3 Å². The van der Waals surface area contributed by atoms with Crippen LogP contribution in [0.3, 0.4) is 0 Å². The zero-order chi connectivity index (χ0) is 22.5. The van der Waals surface area contributed by atoms with Gasteiger partial charge >= 0.3 is 0 Å². The zero-order valence-corrected chi connectivity index (χ0v) is 17.5. The number of nitrogen functional groups attached to an aromatic ring is 1. The van der Waals surface area contributed by atoms with Gasteiger partial charge in [-0.15, -0.1) is 0 Å². The smallest absolute Gasteiger partial charge is 0.274 e. The number of nitrogens with zero attached hydrogens (tertiary/aromatic N) is 7. The zero-order valence-electron chi connectivity index (χ0n) is 17.5. The molecule has 3 aromatic heterocycles. The minimum atomic E-state index is -1.30. The van der Waals surface area contributed by atoms with Gasteiger partial charge in [0.1, 0.15) is 0 Å². The normalized spacial score (nSPS) is 17.1. The van der Waals surface area contributed by atoms with Crippen molar-refractivity contribution in [2.75, 3.05) is 19.8 Å². The number of imidazole rings is 1. The number of aromatic nitrogens is 6. The average molecular weight is 428 g/mol. The van der Waals surface area contributed by atoms with Crippen molar-refractivity contribution < 1.29 is 9.90 Å². The summed E-state index contributed by atoms with van der Waals surface area (Å²) in [7, 11) is 3.34. The topological polar surface area (TPSA) is 128 Å². The number of amides is 1. The Kier molecular flexibility index (Phi) is 4.42. The van der Waals surface area contributed by atoms with Crippen molar-refractivity contribution in [2.24, 2.45) is 0 Å². The molecule has 4 heterocycles. The van der Waals surface area contributed by atoms with Crippen LogP contribution < -0.4 is 5.73 Å². The van der Waals surface area contributed by atoms with Gasteiger partial charge in [0.25, 0.3) is 5.91 Å². The number of anilines is 1. The Morgan fingerprint density at radius 2 is 2.09 bits per heavy atom. The first-order valence-corrected chi connectivity index (χ1v) is 9.96. The van der Waals surface area contributed by atoms with Crippen LogP contribution in [0.5, 0.6) is 0 Å². The van der Waals surface area contributed by atoms with Gasteiger partial charge in [-0.3, -0.25) is 4.79 Å². The molecule has 0 aliphatic carbocycles. The molecule has 0 bridgehead atoms. The number of nitrogens with two attached hydrogens (primary N) is 1. The monoisotopic (exact) mass is 428 g/mol. The molecule has 1 aliphatic heterocycles. The third kappa shape index (κ3) is 3.16. The minimum absolute atomic E-state index is 0.0986. The van der Waals surface area contributed by atoms with Crippen LogP contribution in [0.15, 0.2) is 42.9 Å². The minimum Gasteiger partial charge on any atom is -0.371 e. The molecule has 1 atom stereocenters. The lowest BCUT2D eigenvalue weighted by molar-refractivity contribution is 0.0823. The summed E-state index contributed by atoms with van der Waals surface area (Å²) in [5.74, 6) is 6.87. The molecule has 0 spiro atoms. The molecule has 0 radical (unpaired) electrons. The summed E-state index contributed by atoms with van der Waals surface area (Å²) in [6.45, 7) is 0.664. The Balaban J connectivity index is 1.64. The Hall–Kier alpha value is -4.23. The van der Waals surface area contributed by atoms with Crippen molar-refractivity contribution in [3.8, 4) is 17.7 Å². The summed E-state index contributed by atoms with van der Waals surface area (Å²) in [5, 5.41) is 16.1. The highest BCUT2D eigenvalue weighted by molar-refractivity contribution is 6.05. The Morgan fingerprint density at radius 1 is 1.25 bits per heavy atom. The Morgan fingerprint density at radius 3 is 2.88 bits per heavy atom. The summed E-state index contributed by atoms with van der Waals surface area (Å²) in [6, 6.07) is 7.06. The van der Waals surface area contributed by atoms with Crippen molar-refractivity contribution in [2.45, 2.75) is 18.6 Å². The van der Waals surface area contributed by atoms with Crippen molar-refractivity contribution in [1.29, 1.82) is 0 Å². The van der Waals surface area contributed by atoms with Crippen LogP contribution in [0.4, 0.5) is 5.95 Å². The molecule has 10 heteroatoms. The lowest BCUT2D eigenvalue weighted by Gasteiger charge is -2.12. The Bertz CT molecular complexity index is 1420.